The molecule has 1 aliphatic rings. The van der Waals surface area contributed by atoms with Crippen LogP contribution < -0.4 is 10.2 Å². The highest BCUT2D eigenvalue weighted by molar-refractivity contribution is 6.03. The predicted octanol–water partition coefficient (Wildman–Crippen LogP) is 3.12. The number of halogens is 2. The van der Waals surface area contributed by atoms with Crippen LogP contribution in [-0.4, -0.2) is 33.4 Å². The zero-order chi connectivity index (χ0) is 21.3. The molecule has 0 bridgehead atoms. The van der Waals surface area contributed by atoms with Crippen molar-refractivity contribution in [1.82, 2.24) is 9.97 Å². The van der Waals surface area contributed by atoms with Crippen LogP contribution in [0.5, 0.6) is 5.75 Å². The van der Waals surface area contributed by atoms with Gasteiger partial charge >= 0.3 is 0 Å². The zero-order valence-corrected chi connectivity index (χ0v) is 15.5. The molecule has 7 nitrogen and oxygen atoms in total. The van der Waals surface area contributed by atoms with E-state index in [4.69, 9.17) is 0 Å². The van der Waals surface area contributed by atoms with Gasteiger partial charge in [-0.15, -0.1) is 0 Å². The molecular weight excluding hydrogens is 394 g/mol. The number of benzene rings is 2. The second-order valence-electron chi connectivity index (χ2n) is 6.84. The van der Waals surface area contributed by atoms with Crippen molar-refractivity contribution in [1.29, 1.82) is 0 Å². The van der Waals surface area contributed by atoms with E-state index in [0.717, 1.165) is 11.0 Å². The van der Waals surface area contributed by atoms with Gasteiger partial charge in [-0.1, -0.05) is 12.1 Å². The molecule has 4 rings (SSSR count). The lowest BCUT2D eigenvalue weighted by molar-refractivity contribution is -0.122. The van der Waals surface area contributed by atoms with E-state index in [9.17, 15) is 23.5 Å². The van der Waals surface area contributed by atoms with Crippen molar-refractivity contribution in [3.63, 3.8) is 0 Å². The third-order valence-electron chi connectivity index (χ3n) is 4.72. The Balaban J connectivity index is 1.43. The highest BCUT2D eigenvalue weighted by Gasteiger charge is 2.36. The summed E-state index contributed by atoms with van der Waals surface area (Å²) in [5.41, 5.74) is 0.893. The molecule has 30 heavy (non-hydrogen) atoms. The van der Waals surface area contributed by atoms with Crippen molar-refractivity contribution in [3.8, 4) is 17.1 Å². The van der Waals surface area contributed by atoms with Crippen molar-refractivity contribution >= 4 is 23.2 Å². The van der Waals surface area contributed by atoms with Crippen LogP contribution in [0, 0.1) is 17.6 Å². The second kappa shape index (κ2) is 7.86. The maximum atomic E-state index is 14.0. The molecule has 1 saturated heterocycles. The Morgan fingerprint density at radius 2 is 1.90 bits per heavy atom. The number of aromatic hydroxyl groups is 1. The van der Waals surface area contributed by atoms with Crippen molar-refractivity contribution in [2.75, 3.05) is 16.8 Å². The molecule has 3 aromatic rings. The summed E-state index contributed by atoms with van der Waals surface area (Å²) < 4.78 is 27.1. The number of aromatic nitrogens is 2. The van der Waals surface area contributed by atoms with Gasteiger partial charge in [0, 0.05) is 24.6 Å². The molecule has 0 saturated carbocycles. The highest BCUT2D eigenvalue weighted by Crippen LogP contribution is 2.28. The summed E-state index contributed by atoms with van der Waals surface area (Å²) in [6.07, 6.45) is 2.74. The topological polar surface area (TPSA) is 95.4 Å². The van der Waals surface area contributed by atoms with Crippen LogP contribution in [0.1, 0.15) is 6.42 Å². The van der Waals surface area contributed by atoms with Gasteiger partial charge in [-0.3, -0.25) is 9.59 Å². The minimum Gasteiger partial charge on any atom is -0.508 e. The Hall–Kier alpha value is -3.88. The molecule has 1 aliphatic heterocycles. The predicted molar refractivity (Wildman–Crippen MR) is 105 cm³/mol. The van der Waals surface area contributed by atoms with Gasteiger partial charge in [0.1, 0.15) is 17.4 Å². The number of carbonyl (C=O) groups is 2. The number of rotatable bonds is 4. The fourth-order valence-corrected chi connectivity index (χ4v) is 3.25. The first kappa shape index (κ1) is 19.4. The van der Waals surface area contributed by atoms with E-state index in [1.165, 1.54) is 30.6 Å². The normalized spacial score (nSPS) is 16.0. The lowest BCUT2D eigenvalue weighted by Gasteiger charge is -2.17. The Bertz CT molecular complexity index is 1120. The van der Waals surface area contributed by atoms with Crippen LogP contribution in [0.2, 0.25) is 0 Å². The summed E-state index contributed by atoms with van der Waals surface area (Å²) in [5.74, 6) is -2.70. The SMILES string of the molecule is O=C(Nc1cnc(-c2cccc(O)c2)nc1)C1CC(=O)N(c2ccc(F)cc2F)C1. The molecule has 152 valence electrons. The maximum Gasteiger partial charge on any atom is 0.229 e. The number of amides is 2. The minimum absolute atomic E-state index is 0.0184. The Labute approximate surface area is 170 Å². The molecule has 0 spiro atoms. The fraction of sp³-hybridized carbons (Fsp3) is 0.143. The van der Waals surface area contributed by atoms with Gasteiger partial charge in [0.25, 0.3) is 0 Å². The van der Waals surface area contributed by atoms with Crippen LogP contribution in [-0.2, 0) is 9.59 Å². The van der Waals surface area contributed by atoms with Gasteiger partial charge in [0.05, 0.1) is 29.7 Å². The Kier molecular flexibility index (Phi) is 5.09. The van der Waals surface area contributed by atoms with Crippen molar-refractivity contribution < 1.29 is 23.5 Å². The second-order valence-corrected chi connectivity index (χ2v) is 6.84. The fourth-order valence-electron chi connectivity index (χ4n) is 3.25. The quantitative estimate of drug-likeness (QED) is 0.689. The largest absolute Gasteiger partial charge is 0.508 e. The van der Waals surface area contributed by atoms with Crippen LogP contribution in [0.25, 0.3) is 11.4 Å². The van der Waals surface area contributed by atoms with Gasteiger partial charge in [-0.25, -0.2) is 18.7 Å². The third kappa shape index (κ3) is 3.95. The number of nitrogens with one attached hydrogen (secondary N) is 1. The first-order valence-electron chi connectivity index (χ1n) is 9.08. The summed E-state index contributed by atoms with van der Waals surface area (Å²) in [6, 6.07) is 9.38. The van der Waals surface area contributed by atoms with E-state index in [2.05, 4.69) is 15.3 Å². The summed E-state index contributed by atoms with van der Waals surface area (Å²) >= 11 is 0. The van der Waals surface area contributed by atoms with E-state index in [1.807, 2.05) is 0 Å². The number of hydrogen-bond acceptors (Lipinski definition) is 5. The van der Waals surface area contributed by atoms with Crippen molar-refractivity contribution in [2.45, 2.75) is 6.42 Å². The lowest BCUT2D eigenvalue weighted by Crippen LogP contribution is -2.28. The zero-order valence-electron chi connectivity index (χ0n) is 15.5. The van der Waals surface area contributed by atoms with Gasteiger partial charge in [-0.2, -0.15) is 0 Å². The number of phenols is 1. The van der Waals surface area contributed by atoms with Gasteiger partial charge in [0.15, 0.2) is 5.82 Å². The molecule has 1 aromatic heterocycles. The monoisotopic (exact) mass is 410 g/mol. The molecule has 1 atom stereocenters. The van der Waals surface area contributed by atoms with Gasteiger partial charge in [0.2, 0.25) is 11.8 Å². The number of phenolic OH excluding ortho intramolecular Hbond substituents is 1. The lowest BCUT2D eigenvalue weighted by atomic mass is 10.1. The molecule has 2 heterocycles. The summed E-state index contributed by atoms with van der Waals surface area (Å²) in [5, 5.41) is 12.2. The number of carbonyl (C=O) groups excluding carboxylic acids is 2. The number of anilines is 2. The van der Waals surface area contributed by atoms with Crippen LogP contribution in [0.4, 0.5) is 20.2 Å². The third-order valence-corrected chi connectivity index (χ3v) is 4.72. The average Bonchev–Trinajstić information content (AvgIpc) is 3.10. The molecule has 1 fully saturated rings. The molecule has 0 aliphatic carbocycles. The molecule has 2 amide bonds. The summed E-state index contributed by atoms with van der Waals surface area (Å²) in [7, 11) is 0. The van der Waals surface area contributed by atoms with Crippen molar-refractivity contribution in [3.05, 3.63) is 66.5 Å². The smallest absolute Gasteiger partial charge is 0.229 e. The summed E-state index contributed by atoms with van der Waals surface area (Å²) in [6.45, 7) is -0.0184. The molecule has 1 unspecified atom stereocenters. The standard InChI is InChI=1S/C21H16F2N4O3/c22-14-4-5-18(17(23)8-14)27-11-13(7-19(27)29)21(30)26-15-9-24-20(25-10-15)12-2-1-3-16(28)6-12/h1-6,8-10,13,28H,7,11H2,(H,26,30). The number of hydrogen-bond donors (Lipinski definition) is 2. The van der Waals surface area contributed by atoms with Gasteiger partial charge in [-0.05, 0) is 24.3 Å². The Morgan fingerprint density at radius 1 is 1.13 bits per heavy atom. The number of nitrogens with zero attached hydrogens (tertiary/aromatic N) is 3. The highest BCUT2D eigenvalue weighted by atomic mass is 19.1. The van der Waals surface area contributed by atoms with Crippen molar-refractivity contribution in [2.24, 2.45) is 5.92 Å². The van der Waals surface area contributed by atoms with Crippen LogP contribution in [0.15, 0.2) is 54.9 Å². The molecule has 2 aromatic carbocycles. The van der Waals surface area contributed by atoms with Crippen LogP contribution in [0.3, 0.4) is 0 Å². The van der Waals surface area contributed by atoms with E-state index in [1.54, 1.807) is 12.1 Å². The first-order valence-corrected chi connectivity index (χ1v) is 9.08. The van der Waals surface area contributed by atoms with E-state index < -0.39 is 29.4 Å². The maximum absolute atomic E-state index is 14.0. The van der Waals surface area contributed by atoms with E-state index in [0.29, 0.717) is 23.1 Å². The first-order chi connectivity index (χ1) is 14.4. The summed E-state index contributed by atoms with van der Waals surface area (Å²) in [4.78, 5) is 34.3. The molecule has 2 N–H and O–H groups in total. The van der Waals surface area contributed by atoms with E-state index >= 15 is 0 Å². The van der Waals surface area contributed by atoms with E-state index in [-0.39, 0.29) is 24.4 Å². The Morgan fingerprint density at radius 3 is 2.60 bits per heavy atom. The molecule has 0 radical (unpaired) electrons. The van der Waals surface area contributed by atoms with Crippen LogP contribution >= 0.6 is 0 Å². The molecule has 9 heteroatoms. The molecular formula is C21H16F2N4O3. The van der Waals surface area contributed by atoms with Gasteiger partial charge < -0.3 is 15.3 Å². The average molecular weight is 410 g/mol. The minimum atomic E-state index is -0.861.